The van der Waals surface area contributed by atoms with E-state index in [2.05, 4.69) is 143 Å². The van der Waals surface area contributed by atoms with E-state index in [1.165, 1.54) is 11.1 Å². The maximum Gasteiger partial charge on any atom is 0.147 e. The van der Waals surface area contributed by atoms with E-state index in [1.54, 1.807) is 18.5 Å². The summed E-state index contributed by atoms with van der Waals surface area (Å²) in [5.41, 5.74) is 14.6. The summed E-state index contributed by atoms with van der Waals surface area (Å²) >= 11 is 0. The van der Waals surface area contributed by atoms with Crippen LogP contribution in [0.4, 0.5) is 0 Å². The van der Waals surface area contributed by atoms with E-state index < -0.39 is 0 Å². The number of furan rings is 1. The van der Waals surface area contributed by atoms with Crippen molar-refractivity contribution in [2.45, 2.75) is 52.4 Å². The Bertz CT molecular complexity index is 3250. The maximum atomic E-state index is 11.7. The van der Waals surface area contributed by atoms with E-state index in [4.69, 9.17) is 19.4 Å². The lowest BCUT2D eigenvalue weighted by Gasteiger charge is -2.23. The third-order valence-electron chi connectivity index (χ3n) is 11.5. The van der Waals surface area contributed by atoms with Crippen LogP contribution in [-0.4, -0.2) is 24.6 Å². The smallest absolute Gasteiger partial charge is 0.147 e. The van der Waals surface area contributed by atoms with Crippen LogP contribution in [0, 0.1) is 0 Å². The molecule has 0 spiro atoms. The highest BCUT2D eigenvalue weighted by Gasteiger charge is 2.26. The van der Waals surface area contributed by atoms with Crippen LogP contribution < -0.4 is 0 Å². The molecule has 0 fully saturated rings. The number of fused-ring (bicyclic) bond motifs is 5. The molecule has 0 aliphatic rings. The molecular formula is C53H44N4O2. The predicted molar refractivity (Wildman–Crippen MR) is 242 cm³/mol. The molecule has 0 unspecified atom stereocenters. The summed E-state index contributed by atoms with van der Waals surface area (Å²) < 4.78 is 8.81. The molecule has 0 atom stereocenters. The van der Waals surface area contributed by atoms with Gasteiger partial charge in [0.2, 0.25) is 0 Å². The molecule has 0 aliphatic carbocycles. The molecule has 3 heterocycles. The first-order valence-corrected chi connectivity index (χ1v) is 20.2. The van der Waals surface area contributed by atoms with Gasteiger partial charge in [-0.25, -0.2) is 4.98 Å². The summed E-state index contributed by atoms with van der Waals surface area (Å²) in [5, 5.41) is 13.6. The zero-order valence-corrected chi connectivity index (χ0v) is 34.1. The van der Waals surface area contributed by atoms with Gasteiger partial charge in [-0.1, -0.05) is 126 Å². The van der Waals surface area contributed by atoms with Crippen molar-refractivity contribution in [3.05, 3.63) is 163 Å². The lowest BCUT2D eigenvalue weighted by Crippen LogP contribution is -2.12. The molecule has 6 nitrogen and oxygen atoms in total. The summed E-state index contributed by atoms with van der Waals surface area (Å²) in [6, 6.07) is 48.3. The van der Waals surface area contributed by atoms with Gasteiger partial charge in [0.15, 0.2) is 0 Å². The van der Waals surface area contributed by atoms with Crippen molar-refractivity contribution < 1.29 is 9.52 Å². The maximum absolute atomic E-state index is 11.7. The summed E-state index contributed by atoms with van der Waals surface area (Å²) in [6.45, 7) is 13.4. The molecule has 3 aromatic heterocycles. The van der Waals surface area contributed by atoms with E-state index >= 15 is 0 Å². The van der Waals surface area contributed by atoms with E-state index in [0.29, 0.717) is 11.1 Å². The Labute approximate surface area is 343 Å². The summed E-state index contributed by atoms with van der Waals surface area (Å²) in [4.78, 5) is 15.2. The van der Waals surface area contributed by atoms with E-state index in [9.17, 15) is 5.11 Å². The average Bonchev–Trinajstić information content (AvgIpc) is 3.82. The number of rotatable bonds is 5. The Hall–Kier alpha value is -7.05. The van der Waals surface area contributed by atoms with Gasteiger partial charge < -0.3 is 9.52 Å². The average molecular weight is 769 g/mol. The minimum atomic E-state index is -0.0935. The number of phenols is 1. The second kappa shape index (κ2) is 13.5. The van der Waals surface area contributed by atoms with Crippen molar-refractivity contribution >= 4 is 44.0 Å². The van der Waals surface area contributed by atoms with Crippen molar-refractivity contribution in [1.82, 2.24) is 19.5 Å². The molecule has 0 saturated carbocycles. The Morgan fingerprint density at radius 2 is 1.25 bits per heavy atom. The number of phenolic OH excluding ortho intramolecular Hbond substituents is 1. The van der Waals surface area contributed by atoms with Gasteiger partial charge in [-0.15, -0.1) is 0 Å². The van der Waals surface area contributed by atoms with Crippen LogP contribution in [0.5, 0.6) is 5.75 Å². The van der Waals surface area contributed by atoms with E-state index in [0.717, 1.165) is 83.3 Å². The van der Waals surface area contributed by atoms with Crippen molar-refractivity contribution in [3.8, 4) is 56.2 Å². The first kappa shape index (κ1) is 36.3. The molecule has 10 rings (SSSR count). The van der Waals surface area contributed by atoms with Crippen LogP contribution in [-0.2, 0) is 10.8 Å². The molecule has 1 N–H and O–H groups in total. The summed E-state index contributed by atoms with van der Waals surface area (Å²) in [5.74, 6) is 0.905. The van der Waals surface area contributed by atoms with Crippen molar-refractivity contribution in [2.24, 2.45) is 0 Å². The topological polar surface area (TPSA) is 77.0 Å². The van der Waals surface area contributed by atoms with Gasteiger partial charge in [0, 0.05) is 45.4 Å². The minimum absolute atomic E-state index is 0.0700. The highest BCUT2D eigenvalue weighted by molar-refractivity contribution is 6.13. The monoisotopic (exact) mass is 768 g/mol. The number of aromatic hydroxyl groups is 1. The highest BCUT2D eigenvalue weighted by atomic mass is 16.3. The first-order valence-electron chi connectivity index (χ1n) is 20.2. The molecule has 0 radical (unpaired) electrons. The van der Waals surface area contributed by atoms with Crippen LogP contribution >= 0.6 is 0 Å². The van der Waals surface area contributed by atoms with Gasteiger partial charge in [-0.2, -0.15) is 0 Å². The first-order chi connectivity index (χ1) is 28.4. The fraction of sp³-hybridized carbons (Fsp3) is 0.151. The van der Waals surface area contributed by atoms with Crippen LogP contribution in [0.2, 0.25) is 0 Å². The largest absolute Gasteiger partial charge is 0.507 e. The lowest BCUT2D eigenvalue weighted by molar-refractivity contribution is 0.477. The Morgan fingerprint density at radius 3 is 2.07 bits per heavy atom. The van der Waals surface area contributed by atoms with E-state index in [1.807, 2.05) is 36.4 Å². The number of imidazole rings is 1. The van der Waals surface area contributed by atoms with Crippen molar-refractivity contribution in [2.75, 3.05) is 0 Å². The fourth-order valence-corrected chi connectivity index (χ4v) is 8.38. The molecule has 288 valence electrons. The number of benzene rings is 7. The van der Waals surface area contributed by atoms with Gasteiger partial charge in [0.25, 0.3) is 0 Å². The quantitative estimate of drug-likeness (QED) is 0.189. The normalized spacial score (nSPS) is 12.3. The number of para-hydroxylation sites is 2. The number of nitrogens with zero attached hydrogens (tertiary/aromatic N) is 4. The predicted octanol–water partition coefficient (Wildman–Crippen LogP) is 13.8. The zero-order valence-electron chi connectivity index (χ0n) is 34.1. The molecular weight excluding hydrogens is 725 g/mol. The second-order valence-corrected chi connectivity index (χ2v) is 17.5. The zero-order chi connectivity index (χ0) is 40.6. The molecule has 6 heteroatoms. The Kier molecular flexibility index (Phi) is 8.32. The fourth-order valence-electron chi connectivity index (χ4n) is 8.38. The second-order valence-electron chi connectivity index (χ2n) is 17.5. The molecule has 59 heavy (non-hydrogen) atoms. The van der Waals surface area contributed by atoms with Crippen LogP contribution in [0.25, 0.3) is 94.5 Å². The number of hydrogen-bond acceptors (Lipinski definition) is 5. The third-order valence-corrected chi connectivity index (χ3v) is 11.5. The molecule has 10 aromatic rings. The van der Waals surface area contributed by atoms with Crippen molar-refractivity contribution in [1.29, 1.82) is 0 Å². The minimum Gasteiger partial charge on any atom is -0.507 e. The highest BCUT2D eigenvalue weighted by Crippen LogP contribution is 2.46. The van der Waals surface area contributed by atoms with Gasteiger partial charge in [-0.3, -0.25) is 14.5 Å². The number of aromatic nitrogens is 4. The van der Waals surface area contributed by atoms with Crippen LogP contribution in [0.3, 0.4) is 0 Å². The molecule has 7 aromatic carbocycles. The van der Waals surface area contributed by atoms with Gasteiger partial charge >= 0.3 is 0 Å². The molecule has 0 aliphatic heterocycles. The third kappa shape index (κ3) is 6.14. The van der Waals surface area contributed by atoms with Gasteiger partial charge in [-0.05, 0) is 87.7 Å². The number of hydrogen-bond donors (Lipinski definition) is 1. The molecule has 0 amide bonds. The SMILES string of the molecule is CC(C)(C)c1ccc(-n2c(-c3cccc(-c4cc(C(C)(C)C)cc5nccnc45)c3)nc3c(-c4c(O)ccc5c4oc4ccccc45)cccc32)c(-c2ccccc2)c1. The van der Waals surface area contributed by atoms with E-state index in [-0.39, 0.29) is 16.6 Å². The summed E-state index contributed by atoms with van der Waals surface area (Å²) in [6.07, 6.45) is 3.52. The van der Waals surface area contributed by atoms with Crippen molar-refractivity contribution in [3.63, 3.8) is 0 Å². The van der Waals surface area contributed by atoms with Crippen LogP contribution in [0.1, 0.15) is 52.7 Å². The van der Waals surface area contributed by atoms with Gasteiger partial charge in [0.05, 0.1) is 33.3 Å². The summed E-state index contributed by atoms with van der Waals surface area (Å²) in [7, 11) is 0. The Balaban J connectivity index is 1.29. The lowest BCUT2D eigenvalue weighted by atomic mass is 9.84. The molecule has 0 bridgehead atoms. The Morgan fingerprint density at radius 1 is 0.542 bits per heavy atom. The van der Waals surface area contributed by atoms with Crippen LogP contribution in [0.15, 0.2) is 156 Å². The standard InChI is InChI=1S/C53H44N4O2/c1-52(2,3)35-22-24-43(40(29-35)32-14-8-7-9-15-32)57-44-20-13-19-39(47-45(58)25-23-38-37-18-10-11-21-46(37)59-50(38)47)49(44)56-51(57)34-17-12-16-33(28-34)41-30-36(53(4,5)6)31-42-48(41)55-27-26-54-42/h7-31,58H,1-6H3. The molecule has 0 saturated heterocycles. The van der Waals surface area contributed by atoms with Gasteiger partial charge in [0.1, 0.15) is 22.7 Å².